The van der Waals surface area contributed by atoms with Gasteiger partial charge in [0.05, 0.1) is 12.3 Å². The summed E-state index contributed by atoms with van der Waals surface area (Å²) in [6, 6.07) is 14.4. The minimum absolute atomic E-state index is 0.0999. The number of rotatable bonds is 8. The summed E-state index contributed by atoms with van der Waals surface area (Å²) in [4.78, 5) is 15.9. The van der Waals surface area contributed by atoms with Crippen LogP contribution in [0.1, 0.15) is 47.4 Å². The molecule has 2 aliphatic rings. The van der Waals surface area contributed by atoms with E-state index in [0.29, 0.717) is 30.4 Å². The Morgan fingerprint density at radius 1 is 1.22 bits per heavy atom. The smallest absolute Gasteiger partial charge is 0.331 e. The number of aromatic nitrogens is 1. The number of nitrogens with zero attached hydrogens (tertiary/aromatic N) is 1. The number of carbonyl (C=O) groups is 1. The lowest BCUT2D eigenvalue weighted by Crippen LogP contribution is -2.05. The molecule has 0 saturated carbocycles. The third kappa shape index (κ3) is 3.95. The minimum atomic E-state index is -0.784. The van der Waals surface area contributed by atoms with E-state index in [1.807, 2.05) is 24.3 Å². The first-order valence-corrected chi connectivity index (χ1v) is 11.3. The molecular weight excluding hydrogens is 402 g/mol. The highest BCUT2D eigenvalue weighted by molar-refractivity contribution is 5.93. The van der Waals surface area contributed by atoms with Crippen LogP contribution in [0.4, 0.5) is 0 Å². The Kier molecular flexibility index (Phi) is 5.33. The summed E-state index contributed by atoms with van der Waals surface area (Å²) in [5, 5.41) is 9.18. The average Bonchev–Trinajstić information content (AvgIpc) is 3.31. The number of fused-ring (bicyclic) bond motifs is 1. The molecule has 1 aromatic heterocycles. The van der Waals surface area contributed by atoms with E-state index < -0.39 is 5.97 Å². The zero-order chi connectivity index (χ0) is 22.2. The van der Waals surface area contributed by atoms with Crippen molar-refractivity contribution in [3.8, 4) is 17.2 Å². The maximum Gasteiger partial charge on any atom is 0.331 e. The molecule has 0 spiro atoms. The predicted molar refractivity (Wildman–Crippen MR) is 122 cm³/mol. The van der Waals surface area contributed by atoms with Crippen molar-refractivity contribution in [3.63, 3.8) is 0 Å². The lowest BCUT2D eigenvalue weighted by molar-refractivity contribution is -0.132. The van der Waals surface area contributed by atoms with Gasteiger partial charge in [0.25, 0.3) is 0 Å². The van der Waals surface area contributed by atoms with Gasteiger partial charge < -0.3 is 14.3 Å². The molecule has 2 atom stereocenters. The van der Waals surface area contributed by atoms with E-state index in [0.717, 1.165) is 42.0 Å². The topological polar surface area (TPSA) is 72.6 Å². The van der Waals surface area contributed by atoms with Crippen LogP contribution in [0.5, 0.6) is 5.75 Å². The molecule has 1 heterocycles. The van der Waals surface area contributed by atoms with Gasteiger partial charge in [-0.25, -0.2) is 9.78 Å². The van der Waals surface area contributed by atoms with E-state index in [9.17, 15) is 9.90 Å². The first kappa shape index (κ1) is 20.6. The van der Waals surface area contributed by atoms with Gasteiger partial charge in [-0.3, -0.25) is 0 Å². The summed E-state index contributed by atoms with van der Waals surface area (Å²) >= 11 is 0. The van der Waals surface area contributed by atoms with E-state index in [2.05, 4.69) is 38.1 Å². The third-order valence-corrected chi connectivity index (χ3v) is 6.53. The summed E-state index contributed by atoms with van der Waals surface area (Å²) in [6.45, 7) is 4.67. The monoisotopic (exact) mass is 429 g/mol. The van der Waals surface area contributed by atoms with E-state index >= 15 is 0 Å². The van der Waals surface area contributed by atoms with Crippen LogP contribution in [0.25, 0.3) is 11.5 Å². The standard InChI is InChI=1S/C27H27NO4/c1-3-25-24(28-26(32-25)17-6-4-16(2)5-7-17)12-13-31-19-9-11-20-18(14-19)8-10-21(20)22-15-23(22)27(29)30/h4-7,9,11,14-15,21-22H,3,8,10,12-13H2,1-2H3,(H,29,30). The molecule has 0 aliphatic heterocycles. The number of hydrogen-bond acceptors (Lipinski definition) is 4. The second-order valence-corrected chi connectivity index (χ2v) is 8.67. The normalized spacial score (nSPS) is 18.9. The number of ether oxygens (including phenoxy) is 1. The van der Waals surface area contributed by atoms with Crippen molar-refractivity contribution in [2.75, 3.05) is 6.61 Å². The van der Waals surface area contributed by atoms with Gasteiger partial charge in [0, 0.05) is 29.9 Å². The summed E-state index contributed by atoms with van der Waals surface area (Å²) in [7, 11) is 0. The Hall–Kier alpha value is -3.34. The number of oxazole rings is 1. The van der Waals surface area contributed by atoms with Gasteiger partial charge in [0.15, 0.2) is 0 Å². The second-order valence-electron chi connectivity index (χ2n) is 8.67. The molecule has 5 rings (SSSR count). The summed E-state index contributed by atoms with van der Waals surface area (Å²) in [5.74, 6) is 2.04. The van der Waals surface area contributed by atoms with Gasteiger partial charge in [-0.15, -0.1) is 0 Å². The number of hydrogen-bond donors (Lipinski definition) is 1. The van der Waals surface area contributed by atoms with Crippen LogP contribution in [0.2, 0.25) is 0 Å². The predicted octanol–water partition coefficient (Wildman–Crippen LogP) is 5.50. The van der Waals surface area contributed by atoms with Crippen molar-refractivity contribution in [3.05, 3.63) is 82.3 Å². The van der Waals surface area contributed by atoms with Gasteiger partial charge in [-0.05, 0) is 61.1 Å². The lowest BCUT2D eigenvalue weighted by atomic mass is 9.93. The van der Waals surface area contributed by atoms with Gasteiger partial charge in [0.2, 0.25) is 5.89 Å². The third-order valence-electron chi connectivity index (χ3n) is 6.53. The summed E-state index contributed by atoms with van der Waals surface area (Å²) in [6.07, 6.45) is 5.32. The van der Waals surface area contributed by atoms with Crippen LogP contribution < -0.4 is 4.74 Å². The van der Waals surface area contributed by atoms with Gasteiger partial charge in [-0.1, -0.05) is 36.8 Å². The number of allylic oxidation sites excluding steroid dienone is 1. The highest BCUT2D eigenvalue weighted by Gasteiger charge is 2.40. The molecule has 0 bridgehead atoms. The first-order valence-electron chi connectivity index (χ1n) is 11.3. The molecule has 1 N–H and O–H groups in total. The van der Waals surface area contributed by atoms with Crippen molar-refractivity contribution < 1.29 is 19.1 Å². The van der Waals surface area contributed by atoms with E-state index in [4.69, 9.17) is 14.1 Å². The number of carboxylic acids is 1. The molecule has 2 aliphatic carbocycles. The fraction of sp³-hybridized carbons (Fsp3) is 0.333. The van der Waals surface area contributed by atoms with Crippen molar-refractivity contribution in [2.24, 2.45) is 5.92 Å². The zero-order valence-corrected chi connectivity index (χ0v) is 18.4. The van der Waals surface area contributed by atoms with E-state index in [1.54, 1.807) is 0 Å². The first-order chi connectivity index (χ1) is 15.5. The average molecular weight is 430 g/mol. The van der Waals surface area contributed by atoms with Crippen molar-refractivity contribution in [2.45, 2.75) is 45.4 Å². The molecule has 0 radical (unpaired) electrons. The molecule has 2 unspecified atom stereocenters. The van der Waals surface area contributed by atoms with Gasteiger partial charge >= 0.3 is 5.97 Å². The molecule has 0 fully saturated rings. The van der Waals surface area contributed by atoms with E-state index in [-0.39, 0.29) is 5.92 Å². The minimum Gasteiger partial charge on any atom is -0.493 e. The molecule has 5 heteroatoms. The fourth-order valence-electron chi connectivity index (χ4n) is 4.72. The number of benzene rings is 2. The van der Waals surface area contributed by atoms with E-state index in [1.165, 1.54) is 16.7 Å². The van der Waals surface area contributed by atoms with Crippen LogP contribution >= 0.6 is 0 Å². The van der Waals surface area contributed by atoms with Crippen molar-refractivity contribution in [1.29, 1.82) is 0 Å². The number of aryl methyl sites for hydroxylation is 3. The molecular formula is C27H27NO4. The molecule has 32 heavy (non-hydrogen) atoms. The summed E-state index contributed by atoms with van der Waals surface area (Å²) < 4.78 is 12.1. The van der Waals surface area contributed by atoms with Crippen LogP contribution in [0.15, 0.2) is 58.5 Å². The number of carboxylic acid groups (broad SMARTS) is 1. The Morgan fingerprint density at radius 3 is 2.75 bits per heavy atom. The largest absolute Gasteiger partial charge is 0.493 e. The molecule has 0 saturated heterocycles. The highest BCUT2D eigenvalue weighted by Crippen LogP contribution is 2.49. The molecule has 3 aromatic rings. The second kappa shape index (κ2) is 8.30. The fourth-order valence-corrected chi connectivity index (χ4v) is 4.72. The zero-order valence-electron chi connectivity index (χ0n) is 18.4. The Morgan fingerprint density at radius 2 is 2.03 bits per heavy atom. The highest BCUT2D eigenvalue weighted by atomic mass is 16.5. The Bertz CT molecular complexity index is 1190. The van der Waals surface area contributed by atoms with Crippen LogP contribution in [-0.2, 0) is 24.1 Å². The SMILES string of the molecule is CCc1oc(-c2ccc(C)cc2)nc1CCOc1ccc2c(c1)CCC2C1C=C1C(=O)O. The molecule has 2 aromatic carbocycles. The summed E-state index contributed by atoms with van der Waals surface area (Å²) in [5.41, 5.74) is 6.25. The molecule has 0 amide bonds. The Labute approximate surface area is 187 Å². The quantitative estimate of drug-likeness (QED) is 0.512. The number of aliphatic carboxylic acids is 1. The van der Waals surface area contributed by atoms with Crippen LogP contribution in [0.3, 0.4) is 0 Å². The van der Waals surface area contributed by atoms with Gasteiger partial charge in [0.1, 0.15) is 11.5 Å². The Balaban J connectivity index is 1.22. The maximum absolute atomic E-state index is 11.2. The maximum atomic E-state index is 11.2. The van der Waals surface area contributed by atoms with Crippen molar-refractivity contribution in [1.82, 2.24) is 4.98 Å². The molecule has 5 nitrogen and oxygen atoms in total. The van der Waals surface area contributed by atoms with Gasteiger partial charge in [-0.2, -0.15) is 0 Å². The van der Waals surface area contributed by atoms with Crippen LogP contribution in [-0.4, -0.2) is 22.7 Å². The lowest BCUT2D eigenvalue weighted by Gasteiger charge is -2.12. The van der Waals surface area contributed by atoms with Crippen LogP contribution in [0, 0.1) is 12.8 Å². The van der Waals surface area contributed by atoms with Crippen molar-refractivity contribution >= 4 is 5.97 Å². The molecule has 164 valence electrons.